The van der Waals surface area contributed by atoms with Crippen LogP contribution in [-0.4, -0.2) is 46.3 Å². The highest BCUT2D eigenvalue weighted by Gasteiger charge is 2.17. The van der Waals surface area contributed by atoms with E-state index in [2.05, 4.69) is 15.3 Å². The van der Waals surface area contributed by atoms with E-state index in [1.165, 1.54) is 0 Å². The Bertz CT molecular complexity index is 464. The van der Waals surface area contributed by atoms with Gasteiger partial charge in [0.05, 0.1) is 5.69 Å². The van der Waals surface area contributed by atoms with Crippen molar-refractivity contribution in [3.05, 3.63) is 24.3 Å². The second-order valence-electron chi connectivity index (χ2n) is 5.24. The van der Waals surface area contributed by atoms with E-state index in [1.54, 1.807) is 18.6 Å². The molecule has 1 aliphatic rings. The molecule has 2 heterocycles. The van der Waals surface area contributed by atoms with Crippen molar-refractivity contribution < 1.29 is 9.59 Å². The van der Waals surface area contributed by atoms with E-state index in [-0.39, 0.29) is 11.8 Å². The summed E-state index contributed by atoms with van der Waals surface area (Å²) in [6, 6.07) is 0. The molecule has 1 N–H and O–H groups in total. The summed E-state index contributed by atoms with van der Waals surface area (Å²) >= 11 is 0. The summed E-state index contributed by atoms with van der Waals surface area (Å²) in [6.45, 7) is 1.85. The van der Waals surface area contributed by atoms with E-state index >= 15 is 0 Å². The molecule has 0 bridgehead atoms. The first kappa shape index (κ1) is 15.4. The van der Waals surface area contributed by atoms with Gasteiger partial charge in [-0.25, -0.2) is 0 Å². The molecule has 114 valence electrons. The Kier molecular flexibility index (Phi) is 6.12. The van der Waals surface area contributed by atoms with Gasteiger partial charge >= 0.3 is 0 Å². The minimum atomic E-state index is -0.0177. The van der Waals surface area contributed by atoms with E-state index in [0.717, 1.165) is 31.5 Å². The fraction of sp³-hybridized carbons (Fsp3) is 0.600. The number of rotatable bonds is 6. The van der Waals surface area contributed by atoms with Gasteiger partial charge in [-0.1, -0.05) is 6.42 Å². The van der Waals surface area contributed by atoms with Crippen molar-refractivity contribution in [2.75, 3.05) is 19.6 Å². The van der Waals surface area contributed by atoms with E-state index in [9.17, 15) is 9.59 Å². The smallest absolute Gasteiger partial charge is 0.222 e. The van der Waals surface area contributed by atoms with Crippen molar-refractivity contribution in [2.24, 2.45) is 0 Å². The molecule has 1 fully saturated rings. The Hall–Kier alpha value is -1.98. The monoisotopic (exact) mass is 290 g/mol. The van der Waals surface area contributed by atoms with Gasteiger partial charge in [-0.15, -0.1) is 0 Å². The summed E-state index contributed by atoms with van der Waals surface area (Å²) in [4.78, 5) is 33.5. The standard InChI is InChI=1S/C15H22N4O2/c20-14(18-7-5-13-12-16-8-9-17-13)6-11-19-10-3-1-2-4-15(19)21/h8-9,12H,1-7,10-11H2,(H,18,20). The Morgan fingerprint density at radius 3 is 3.00 bits per heavy atom. The van der Waals surface area contributed by atoms with Gasteiger partial charge in [0.15, 0.2) is 0 Å². The molecule has 1 aromatic heterocycles. The number of likely N-dealkylation sites (tertiary alicyclic amines) is 1. The third-order valence-corrected chi connectivity index (χ3v) is 3.60. The quantitative estimate of drug-likeness (QED) is 0.845. The average Bonchev–Trinajstić information content (AvgIpc) is 2.71. The summed E-state index contributed by atoms with van der Waals surface area (Å²) < 4.78 is 0. The maximum absolute atomic E-state index is 11.8. The number of nitrogens with one attached hydrogen (secondary N) is 1. The number of carbonyl (C=O) groups excluding carboxylic acids is 2. The van der Waals surface area contributed by atoms with Crippen LogP contribution < -0.4 is 5.32 Å². The summed E-state index contributed by atoms with van der Waals surface area (Å²) in [5, 5.41) is 2.86. The topological polar surface area (TPSA) is 75.2 Å². The van der Waals surface area contributed by atoms with Crippen LogP contribution in [0.25, 0.3) is 0 Å². The number of nitrogens with zero attached hydrogens (tertiary/aromatic N) is 3. The average molecular weight is 290 g/mol. The largest absolute Gasteiger partial charge is 0.356 e. The molecule has 0 spiro atoms. The maximum Gasteiger partial charge on any atom is 0.222 e. The van der Waals surface area contributed by atoms with Crippen molar-refractivity contribution in [2.45, 2.75) is 38.5 Å². The third kappa shape index (κ3) is 5.49. The number of carbonyl (C=O) groups is 2. The lowest BCUT2D eigenvalue weighted by atomic mass is 10.2. The van der Waals surface area contributed by atoms with Crippen LogP contribution in [0.3, 0.4) is 0 Å². The predicted molar refractivity (Wildman–Crippen MR) is 78.4 cm³/mol. The van der Waals surface area contributed by atoms with Crippen molar-refractivity contribution in [3.63, 3.8) is 0 Å². The molecule has 0 unspecified atom stereocenters. The highest BCUT2D eigenvalue weighted by atomic mass is 16.2. The van der Waals surface area contributed by atoms with Gasteiger partial charge in [-0.2, -0.15) is 0 Å². The molecule has 2 amide bonds. The van der Waals surface area contributed by atoms with Crippen molar-refractivity contribution >= 4 is 11.8 Å². The Morgan fingerprint density at radius 1 is 1.29 bits per heavy atom. The molecule has 6 nitrogen and oxygen atoms in total. The van der Waals surface area contributed by atoms with Crippen LogP contribution in [-0.2, 0) is 16.0 Å². The van der Waals surface area contributed by atoms with Crippen LogP contribution in [0.2, 0.25) is 0 Å². The summed E-state index contributed by atoms with van der Waals surface area (Å²) in [5.41, 5.74) is 0.862. The molecule has 2 rings (SSSR count). The van der Waals surface area contributed by atoms with Crippen LogP contribution in [0.5, 0.6) is 0 Å². The highest BCUT2D eigenvalue weighted by molar-refractivity contribution is 5.79. The lowest BCUT2D eigenvalue weighted by molar-refractivity contribution is -0.131. The molecule has 0 atom stereocenters. The minimum Gasteiger partial charge on any atom is -0.356 e. The number of hydrogen-bond acceptors (Lipinski definition) is 4. The molecule has 0 aliphatic carbocycles. The highest BCUT2D eigenvalue weighted by Crippen LogP contribution is 2.11. The molecule has 0 radical (unpaired) electrons. The fourth-order valence-electron chi connectivity index (χ4n) is 2.39. The molecular formula is C15H22N4O2. The summed E-state index contributed by atoms with van der Waals surface area (Å²) in [7, 11) is 0. The van der Waals surface area contributed by atoms with Crippen molar-refractivity contribution in [3.8, 4) is 0 Å². The van der Waals surface area contributed by atoms with Gasteiger partial charge in [0.1, 0.15) is 0 Å². The molecule has 6 heteroatoms. The minimum absolute atomic E-state index is 0.0177. The van der Waals surface area contributed by atoms with Gasteiger partial charge < -0.3 is 10.2 Å². The van der Waals surface area contributed by atoms with E-state index < -0.39 is 0 Å². The van der Waals surface area contributed by atoms with Crippen LogP contribution in [0.1, 0.15) is 37.8 Å². The zero-order valence-corrected chi connectivity index (χ0v) is 12.3. The van der Waals surface area contributed by atoms with E-state index in [0.29, 0.717) is 32.4 Å². The first-order valence-electron chi connectivity index (χ1n) is 7.55. The first-order chi connectivity index (χ1) is 10.3. The van der Waals surface area contributed by atoms with Gasteiger partial charge in [-0.3, -0.25) is 19.6 Å². The van der Waals surface area contributed by atoms with Crippen LogP contribution in [0.15, 0.2) is 18.6 Å². The zero-order chi connectivity index (χ0) is 14.9. The second kappa shape index (κ2) is 8.34. The molecule has 1 aliphatic heterocycles. The van der Waals surface area contributed by atoms with Crippen LogP contribution >= 0.6 is 0 Å². The lowest BCUT2D eigenvalue weighted by Gasteiger charge is -2.20. The summed E-state index contributed by atoms with van der Waals surface area (Å²) in [5.74, 6) is 0.163. The normalized spacial score (nSPS) is 15.6. The third-order valence-electron chi connectivity index (χ3n) is 3.60. The molecular weight excluding hydrogens is 268 g/mol. The predicted octanol–water partition coefficient (Wildman–Crippen LogP) is 0.928. The Labute approximate surface area is 125 Å². The van der Waals surface area contributed by atoms with Gasteiger partial charge in [0.2, 0.25) is 11.8 Å². The molecule has 21 heavy (non-hydrogen) atoms. The van der Waals surface area contributed by atoms with Gasteiger partial charge in [0, 0.05) is 57.5 Å². The number of aromatic nitrogens is 2. The Balaban J connectivity index is 1.64. The van der Waals surface area contributed by atoms with Gasteiger partial charge in [0.25, 0.3) is 0 Å². The van der Waals surface area contributed by atoms with Crippen LogP contribution in [0.4, 0.5) is 0 Å². The molecule has 0 saturated carbocycles. The van der Waals surface area contributed by atoms with E-state index in [4.69, 9.17) is 0 Å². The fourth-order valence-corrected chi connectivity index (χ4v) is 2.39. The first-order valence-corrected chi connectivity index (χ1v) is 7.55. The molecule has 0 aromatic carbocycles. The SMILES string of the molecule is O=C(CCN1CCCCCC1=O)NCCc1cnccn1. The van der Waals surface area contributed by atoms with Gasteiger partial charge in [-0.05, 0) is 12.8 Å². The zero-order valence-electron chi connectivity index (χ0n) is 12.3. The molecule has 1 aromatic rings. The Morgan fingerprint density at radius 2 is 2.19 bits per heavy atom. The maximum atomic E-state index is 11.8. The number of amides is 2. The van der Waals surface area contributed by atoms with Crippen molar-refractivity contribution in [1.82, 2.24) is 20.2 Å². The van der Waals surface area contributed by atoms with Crippen LogP contribution in [0, 0.1) is 0 Å². The lowest BCUT2D eigenvalue weighted by Crippen LogP contribution is -2.35. The second-order valence-corrected chi connectivity index (χ2v) is 5.24. The number of hydrogen-bond donors (Lipinski definition) is 1. The van der Waals surface area contributed by atoms with E-state index in [1.807, 2.05) is 4.90 Å². The summed E-state index contributed by atoms with van der Waals surface area (Å²) in [6.07, 6.45) is 9.74. The molecule has 1 saturated heterocycles. The van der Waals surface area contributed by atoms with Crippen molar-refractivity contribution in [1.29, 1.82) is 0 Å².